The highest BCUT2D eigenvalue weighted by molar-refractivity contribution is 6.77. The minimum atomic E-state index is -1.12. The molecule has 0 amide bonds. The highest BCUT2D eigenvalue weighted by Crippen LogP contribution is 2.36. The molecular formula is C13H20OSi. The third-order valence-electron chi connectivity index (χ3n) is 3.16. The molecule has 15 heavy (non-hydrogen) atoms. The van der Waals surface area contributed by atoms with E-state index in [9.17, 15) is 0 Å². The summed E-state index contributed by atoms with van der Waals surface area (Å²) in [5.41, 5.74) is 1.89. The number of hydrogen-bond donors (Lipinski definition) is 0. The van der Waals surface area contributed by atoms with Gasteiger partial charge in [-0.3, -0.25) is 0 Å². The Hall–Kier alpha value is -0.603. The van der Waals surface area contributed by atoms with Gasteiger partial charge in [-0.05, 0) is 18.4 Å². The second-order valence-corrected chi connectivity index (χ2v) is 10.8. The standard InChI is InChI=1S/C13H20OSi/c1-15(2,3)13-10-9-12(14-13)11-7-5-4-6-8-11/h4-8,12-13H,9-10H2,1-3H3/t12-,13+/m0/s1. The molecule has 1 fully saturated rings. The number of rotatable bonds is 2. The molecule has 1 aromatic carbocycles. The largest absolute Gasteiger partial charge is 0.374 e. The summed E-state index contributed by atoms with van der Waals surface area (Å²) >= 11 is 0. The van der Waals surface area contributed by atoms with Crippen LogP contribution in [-0.4, -0.2) is 13.8 Å². The van der Waals surface area contributed by atoms with Crippen LogP contribution in [0.25, 0.3) is 0 Å². The number of benzene rings is 1. The summed E-state index contributed by atoms with van der Waals surface area (Å²) in [5, 5.41) is 0. The maximum absolute atomic E-state index is 6.17. The Bertz CT molecular complexity index is 315. The molecule has 2 heteroatoms. The van der Waals surface area contributed by atoms with Gasteiger partial charge in [0.15, 0.2) is 0 Å². The molecule has 1 aliphatic rings. The van der Waals surface area contributed by atoms with Crippen LogP contribution >= 0.6 is 0 Å². The lowest BCUT2D eigenvalue weighted by atomic mass is 10.1. The van der Waals surface area contributed by atoms with E-state index in [-0.39, 0.29) is 0 Å². The highest BCUT2D eigenvalue weighted by Gasteiger charge is 2.35. The molecular weight excluding hydrogens is 200 g/mol. The second-order valence-electron chi connectivity index (χ2n) is 5.47. The molecule has 1 saturated heterocycles. The topological polar surface area (TPSA) is 9.23 Å². The Morgan fingerprint density at radius 1 is 1.07 bits per heavy atom. The van der Waals surface area contributed by atoms with Gasteiger partial charge in [0.05, 0.1) is 14.2 Å². The first-order valence-corrected chi connectivity index (χ1v) is 9.35. The first kappa shape index (κ1) is 10.9. The molecule has 1 aromatic rings. The maximum atomic E-state index is 6.17. The predicted molar refractivity (Wildman–Crippen MR) is 66.6 cm³/mol. The van der Waals surface area contributed by atoms with Crippen LogP contribution in [-0.2, 0) is 4.74 Å². The molecule has 0 aromatic heterocycles. The molecule has 0 unspecified atom stereocenters. The second kappa shape index (κ2) is 4.10. The van der Waals surface area contributed by atoms with E-state index in [1.165, 1.54) is 18.4 Å². The molecule has 0 radical (unpaired) electrons. The zero-order valence-corrected chi connectivity index (χ0v) is 10.9. The zero-order valence-electron chi connectivity index (χ0n) is 9.86. The molecule has 0 N–H and O–H groups in total. The fraction of sp³-hybridized carbons (Fsp3) is 0.538. The number of hydrogen-bond acceptors (Lipinski definition) is 1. The smallest absolute Gasteiger partial charge is 0.0825 e. The zero-order chi connectivity index (χ0) is 10.9. The average molecular weight is 220 g/mol. The van der Waals surface area contributed by atoms with Crippen LogP contribution in [0.2, 0.25) is 19.6 Å². The first-order valence-electron chi connectivity index (χ1n) is 5.78. The van der Waals surface area contributed by atoms with Crippen molar-refractivity contribution in [2.24, 2.45) is 0 Å². The van der Waals surface area contributed by atoms with Gasteiger partial charge >= 0.3 is 0 Å². The molecule has 0 spiro atoms. The fourth-order valence-electron chi connectivity index (χ4n) is 2.19. The van der Waals surface area contributed by atoms with Crippen molar-refractivity contribution in [3.63, 3.8) is 0 Å². The molecule has 0 bridgehead atoms. The molecule has 2 rings (SSSR count). The van der Waals surface area contributed by atoms with E-state index in [2.05, 4.69) is 50.0 Å². The van der Waals surface area contributed by atoms with Gasteiger partial charge in [-0.1, -0.05) is 50.0 Å². The predicted octanol–water partition coefficient (Wildman–Crippen LogP) is 3.78. The van der Waals surface area contributed by atoms with Crippen LogP contribution < -0.4 is 0 Å². The van der Waals surface area contributed by atoms with Crippen LogP contribution in [0, 0.1) is 0 Å². The van der Waals surface area contributed by atoms with E-state index in [4.69, 9.17) is 4.74 Å². The van der Waals surface area contributed by atoms with Gasteiger partial charge in [-0.25, -0.2) is 0 Å². The van der Waals surface area contributed by atoms with Crippen molar-refractivity contribution in [3.8, 4) is 0 Å². The van der Waals surface area contributed by atoms with Crippen molar-refractivity contribution >= 4 is 8.07 Å². The van der Waals surface area contributed by atoms with Crippen LogP contribution in [0.3, 0.4) is 0 Å². The van der Waals surface area contributed by atoms with E-state index in [1.807, 2.05) is 0 Å². The Morgan fingerprint density at radius 3 is 2.27 bits per heavy atom. The van der Waals surface area contributed by atoms with Gasteiger partial charge in [0.25, 0.3) is 0 Å². The summed E-state index contributed by atoms with van der Waals surface area (Å²) in [6.07, 6.45) is 2.79. The maximum Gasteiger partial charge on any atom is 0.0825 e. The summed E-state index contributed by atoms with van der Waals surface area (Å²) in [5.74, 6) is 0. The number of ether oxygens (including phenoxy) is 1. The third-order valence-corrected chi connectivity index (χ3v) is 5.51. The minimum Gasteiger partial charge on any atom is -0.374 e. The summed E-state index contributed by atoms with van der Waals surface area (Å²) in [6.45, 7) is 7.18. The fourth-order valence-corrected chi connectivity index (χ4v) is 3.79. The van der Waals surface area contributed by atoms with Crippen molar-refractivity contribution in [2.75, 3.05) is 0 Å². The SMILES string of the molecule is C[Si](C)(C)[C@@H]1CC[C@@H](c2ccccc2)O1. The summed E-state index contributed by atoms with van der Waals surface area (Å²) in [4.78, 5) is 0. The Kier molecular flexibility index (Phi) is 2.98. The molecule has 0 aliphatic carbocycles. The van der Waals surface area contributed by atoms with Crippen LogP contribution in [0.1, 0.15) is 24.5 Å². The van der Waals surface area contributed by atoms with Gasteiger partial charge in [-0.2, -0.15) is 0 Å². The van der Waals surface area contributed by atoms with Crippen LogP contribution in [0.4, 0.5) is 0 Å². The Balaban J connectivity index is 2.05. The van der Waals surface area contributed by atoms with Gasteiger partial charge < -0.3 is 4.74 Å². The lowest BCUT2D eigenvalue weighted by molar-refractivity contribution is 0.0825. The summed E-state index contributed by atoms with van der Waals surface area (Å²) in [7, 11) is -1.12. The summed E-state index contributed by atoms with van der Waals surface area (Å²) < 4.78 is 6.17. The average Bonchev–Trinajstić information content (AvgIpc) is 2.67. The van der Waals surface area contributed by atoms with Crippen molar-refractivity contribution in [3.05, 3.63) is 35.9 Å². The van der Waals surface area contributed by atoms with E-state index < -0.39 is 8.07 Å². The Morgan fingerprint density at radius 2 is 1.73 bits per heavy atom. The van der Waals surface area contributed by atoms with E-state index in [0.717, 1.165) is 0 Å². The van der Waals surface area contributed by atoms with Gasteiger partial charge in [0, 0.05) is 5.73 Å². The van der Waals surface area contributed by atoms with Crippen molar-refractivity contribution in [1.82, 2.24) is 0 Å². The lowest BCUT2D eigenvalue weighted by Gasteiger charge is -2.25. The van der Waals surface area contributed by atoms with Crippen molar-refractivity contribution < 1.29 is 4.74 Å². The van der Waals surface area contributed by atoms with Gasteiger partial charge in [0.1, 0.15) is 0 Å². The molecule has 2 atom stereocenters. The van der Waals surface area contributed by atoms with Crippen molar-refractivity contribution in [1.29, 1.82) is 0 Å². The van der Waals surface area contributed by atoms with Crippen LogP contribution in [0.15, 0.2) is 30.3 Å². The highest BCUT2D eigenvalue weighted by atomic mass is 28.3. The lowest BCUT2D eigenvalue weighted by Crippen LogP contribution is -2.37. The van der Waals surface area contributed by atoms with E-state index in [0.29, 0.717) is 11.8 Å². The first-order chi connectivity index (χ1) is 7.07. The van der Waals surface area contributed by atoms with E-state index >= 15 is 0 Å². The molecule has 82 valence electrons. The quantitative estimate of drug-likeness (QED) is 0.689. The summed E-state index contributed by atoms with van der Waals surface area (Å²) in [6, 6.07) is 10.6. The molecule has 0 saturated carbocycles. The van der Waals surface area contributed by atoms with Crippen molar-refractivity contribution in [2.45, 2.75) is 44.3 Å². The third kappa shape index (κ3) is 2.50. The molecule has 1 nitrogen and oxygen atoms in total. The van der Waals surface area contributed by atoms with Crippen LogP contribution in [0.5, 0.6) is 0 Å². The molecule has 1 heterocycles. The Labute approximate surface area is 93.5 Å². The van der Waals surface area contributed by atoms with E-state index in [1.54, 1.807) is 0 Å². The monoisotopic (exact) mass is 220 g/mol. The van der Waals surface area contributed by atoms with Gasteiger partial charge in [-0.15, -0.1) is 0 Å². The normalized spacial score (nSPS) is 26.9. The van der Waals surface area contributed by atoms with Gasteiger partial charge in [0.2, 0.25) is 0 Å². The minimum absolute atomic E-state index is 0.350. The molecule has 1 aliphatic heterocycles.